The van der Waals surface area contributed by atoms with E-state index in [-0.39, 0.29) is 31.7 Å². The highest BCUT2D eigenvalue weighted by atomic mass is 16.5. The van der Waals surface area contributed by atoms with Gasteiger partial charge in [0.1, 0.15) is 12.2 Å². The van der Waals surface area contributed by atoms with E-state index >= 15 is 0 Å². The van der Waals surface area contributed by atoms with E-state index in [1.54, 1.807) is 17.6 Å². The van der Waals surface area contributed by atoms with Gasteiger partial charge in [-0.15, -0.1) is 0 Å². The zero-order valence-corrected chi connectivity index (χ0v) is 17.3. The normalized spacial score (nSPS) is 13.8. The molecule has 0 saturated heterocycles. The van der Waals surface area contributed by atoms with Gasteiger partial charge in [-0.1, -0.05) is 37.3 Å². The first-order valence-corrected chi connectivity index (χ1v) is 10.1. The first-order chi connectivity index (χ1) is 14.5. The lowest BCUT2D eigenvalue weighted by Gasteiger charge is -2.20. The van der Waals surface area contributed by atoms with E-state index in [1.807, 2.05) is 37.3 Å². The van der Waals surface area contributed by atoms with Crippen LogP contribution in [0.1, 0.15) is 58.4 Å². The number of esters is 1. The van der Waals surface area contributed by atoms with E-state index in [9.17, 15) is 14.4 Å². The van der Waals surface area contributed by atoms with Crippen molar-refractivity contribution in [1.82, 2.24) is 15.2 Å². The van der Waals surface area contributed by atoms with Crippen LogP contribution in [0.3, 0.4) is 0 Å². The molecule has 0 radical (unpaired) electrons. The number of rotatable bonds is 8. The first-order valence-electron chi connectivity index (χ1n) is 10.1. The maximum atomic E-state index is 13.1. The topological polar surface area (TPSA) is 98.7 Å². The predicted molar refractivity (Wildman–Crippen MR) is 110 cm³/mol. The number of fused-ring (bicyclic) bond motifs is 1. The number of carbonyl (C=O) groups excluding carboxylic acids is 3. The molecule has 1 atom stereocenters. The van der Waals surface area contributed by atoms with Crippen molar-refractivity contribution in [1.29, 1.82) is 0 Å². The summed E-state index contributed by atoms with van der Waals surface area (Å²) in [5, 5.41) is 5.61. The van der Waals surface area contributed by atoms with Gasteiger partial charge in [0, 0.05) is 6.54 Å². The number of carbonyl (C=O) groups is 3. The van der Waals surface area contributed by atoms with Gasteiger partial charge in [-0.2, -0.15) is 0 Å². The molecule has 1 aliphatic rings. The summed E-state index contributed by atoms with van der Waals surface area (Å²) < 4.78 is 12.1. The third kappa shape index (κ3) is 4.88. The van der Waals surface area contributed by atoms with E-state index in [0.717, 1.165) is 12.0 Å². The minimum absolute atomic E-state index is 0.139. The smallest absolute Gasteiger partial charge is 0.325 e. The molecule has 0 bridgehead atoms. The number of hydrogen-bond donors (Lipinski definition) is 2. The molecule has 1 aromatic carbocycles. The average Bonchev–Trinajstić information content (AvgIpc) is 3.16. The number of benzene rings is 1. The molecule has 0 spiro atoms. The molecule has 3 rings (SSSR count). The van der Waals surface area contributed by atoms with Crippen LogP contribution < -0.4 is 10.6 Å². The number of nitrogens with zero attached hydrogens (tertiary/aromatic N) is 1. The Hall–Kier alpha value is -3.13. The largest absolute Gasteiger partial charge is 0.465 e. The Balaban J connectivity index is 1.80. The van der Waals surface area contributed by atoms with Crippen LogP contribution in [-0.4, -0.2) is 42.1 Å². The summed E-state index contributed by atoms with van der Waals surface area (Å²) in [6, 6.07) is 11.2. The van der Waals surface area contributed by atoms with Crippen molar-refractivity contribution in [2.75, 3.05) is 19.8 Å². The molecule has 160 valence electrons. The molecule has 0 fully saturated rings. The first kappa shape index (κ1) is 21.6. The SMILES string of the molecule is CCOC(=O)CNC(=O)c1cc(C(=O)NC(CC)c2ccccc2)c2n1CCOC2. The van der Waals surface area contributed by atoms with Gasteiger partial charge in [-0.3, -0.25) is 14.4 Å². The summed E-state index contributed by atoms with van der Waals surface area (Å²) in [4.78, 5) is 37.3. The third-order valence-corrected chi connectivity index (χ3v) is 5.00. The third-order valence-electron chi connectivity index (χ3n) is 5.00. The van der Waals surface area contributed by atoms with Crippen LogP contribution in [0.5, 0.6) is 0 Å². The van der Waals surface area contributed by atoms with E-state index in [4.69, 9.17) is 9.47 Å². The Bertz CT molecular complexity index is 907. The Morgan fingerprint density at radius 1 is 1.17 bits per heavy atom. The quantitative estimate of drug-likeness (QED) is 0.647. The van der Waals surface area contributed by atoms with Gasteiger partial charge in [-0.25, -0.2) is 0 Å². The zero-order valence-electron chi connectivity index (χ0n) is 17.3. The van der Waals surface area contributed by atoms with Crippen LogP contribution in [0, 0.1) is 0 Å². The summed E-state index contributed by atoms with van der Waals surface area (Å²) in [5.41, 5.74) is 2.41. The fourth-order valence-corrected chi connectivity index (χ4v) is 3.51. The molecule has 2 aromatic rings. The predicted octanol–water partition coefficient (Wildman–Crippen LogP) is 2.19. The molecule has 1 aliphatic heterocycles. The van der Waals surface area contributed by atoms with Crippen molar-refractivity contribution in [3.05, 3.63) is 58.9 Å². The second-order valence-electron chi connectivity index (χ2n) is 6.93. The van der Waals surface area contributed by atoms with Crippen LogP contribution in [0.25, 0.3) is 0 Å². The number of nitrogens with one attached hydrogen (secondary N) is 2. The summed E-state index contributed by atoms with van der Waals surface area (Å²) in [7, 11) is 0. The molecule has 2 amide bonds. The summed E-state index contributed by atoms with van der Waals surface area (Å²) in [6.07, 6.45) is 0.731. The second-order valence-corrected chi connectivity index (χ2v) is 6.93. The number of aromatic nitrogens is 1. The monoisotopic (exact) mass is 413 g/mol. The van der Waals surface area contributed by atoms with Crippen molar-refractivity contribution in [3.8, 4) is 0 Å². The Labute approximate surface area is 175 Å². The van der Waals surface area contributed by atoms with Crippen molar-refractivity contribution in [2.24, 2.45) is 0 Å². The van der Waals surface area contributed by atoms with E-state index in [0.29, 0.717) is 30.1 Å². The zero-order chi connectivity index (χ0) is 21.5. The molecule has 1 aromatic heterocycles. The number of hydrogen-bond acceptors (Lipinski definition) is 5. The minimum atomic E-state index is -0.508. The lowest BCUT2D eigenvalue weighted by atomic mass is 10.0. The van der Waals surface area contributed by atoms with Crippen LogP contribution in [0.4, 0.5) is 0 Å². The standard InChI is InChI=1S/C22H27N3O5/c1-3-17(15-8-6-5-7-9-15)24-21(27)16-12-18(25-10-11-29-14-19(16)25)22(28)23-13-20(26)30-4-2/h5-9,12,17H,3-4,10-11,13-14H2,1-2H3,(H,23,28)(H,24,27). The van der Waals surface area contributed by atoms with Gasteiger partial charge in [0.2, 0.25) is 0 Å². The Kier molecular flexibility index (Phi) is 7.24. The minimum Gasteiger partial charge on any atom is -0.465 e. The fourth-order valence-electron chi connectivity index (χ4n) is 3.51. The molecule has 2 N–H and O–H groups in total. The van der Waals surface area contributed by atoms with Crippen LogP contribution in [0.2, 0.25) is 0 Å². The summed E-state index contributed by atoms with van der Waals surface area (Å²) in [5.74, 6) is -1.20. The molecule has 0 saturated carbocycles. The Morgan fingerprint density at radius 3 is 2.63 bits per heavy atom. The van der Waals surface area contributed by atoms with Crippen LogP contribution in [0.15, 0.2) is 36.4 Å². The van der Waals surface area contributed by atoms with E-state index < -0.39 is 11.9 Å². The van der Waals surface area contributed by atoms with Crippen LogP contribution in [-0.2, 0) is 27.4 Å². The lowest BCUT2D eigenvalue weighted by Crippen LogP contribution is -2.33. The fraction of sp³-hybridized carbons (Fsp3) is 0.409. The molecule has 0 aliphatic carbocycles. The number of ether oxygens (including phenoxy) is 2. The molecular weight excluding hydrogens is 386 g/mol. The van der Waals surface area contributed by atoms with Gasteiger partial charge >= 0.3 is 5.97 Å². The molecule has 2 heterocycles. The molecule has 8 nitrogen and oxygen atoms in total. The number of amides is 2. The van der Waals surface area contributed by atoms with Gasteiger partial charge in [-0.05, 0) is 25.0 Å². The molecule has 30 heavy (non-hydrogen) atoms. The van der Waals surface area contributed by atoms with Gasteiger partial charge in [0.15, 0.2) is 0 Å². The molecule has 8 heteroatoms. The Morgan fingerprint density at radius 2 is 1.93 bits per heavy atom. The highest BCUT2D eigenvalue weighted by Gasteiger charge is 2.27. The maximum absolute atomic E-state index is 13.1. The van der Waals surface area contributed by atoms with Crippen molar-refractivity contribution in [3.63, 3.8) is 0 Å². The van der Waals surface area contributed by atoms with Crippen molar-refractivity contribution < 1.29 is 23.9 Å². The lowest BCUT2D eigenvalue weighted by molar-refractivity contribution is -0.141. The second kappa shape index (κ2) is 10.1. The molecular formula is C22H27N3O5. The van der Waals surface area contributed by atoms with Crippen molar-refractivity contribution >= 4 is 17.8 Å². The average molecular weight is 413 g/mol. The van der Waals surface area contributed by atoms with Gasteiger partial charge in [0.05, 0.1) is 37.1 Å². The summed E-state index contributed by atoms with van der Waals surface area (Å²) >= 11 is 0. The highest BCUT2D eigenvalue weighted by Crippen LogP contribution is 2.23. The molecule has 1 unspecified atom stereocenters. The maximum Gasteiger partial charge on any atom is 0.325 e. The van der Waals surface area contributed by atoms with Crippen molar-refractivity contribution in [2.45, 2.75) is 39.5 Å². The van der Waals surface area contributed by atoms with E-state index in [1.165, 1.54) is 0 Å². The van der Waals surface area contributed by atoms with E-state index in [2.05, 4.69) is 10.6 Å². The highest BCUT2D eigenvalue weighted by molar-refractivity contribution is 6.01. The van der Waals surface area contributed by atoms with Gasteiger partial charge in [0.25, 0.3) is 11.8 Å². The summed E-state index contributed by atoms with van der Waals surface area (Å²) in [6.45, 7) is 4.88. The van der Waals surface area contributed by atoms with Gasteiger partial charge < -0.3 is 24.7 Å². The van der Waals surface area contributed by atoms with Crippen LogP contribution >= 0.6 is 0 Å².